The number of halogens is 3. The van der Waals surface area contributed by atoms with E-state index in [1.807, 2.05) is 6.08 Å². The Morgan fingerprint density at radius 1 is 1.00 bits per heavy atom. The van der Waals surface area contributed by atoms with E-state index in [9.17, 15) is 22.8 Å². The molecule has 0 aromatic heterocycles. The molecule has 2 aromatic carbocycles. The third-order valence-corrected chi connectivity index (χ3v) is 4.68. The minimum Gasteiger partial charge on any atom is -0.324 e. The van der Waals surface area contributed by atoms with Gasteiger partial charge >= 0.3 is 6.18 Å². The van der Waals surface area contributed by atoms with Gasteiger partial charge in [-0.3, -0.25) is 9.59 Å². The Hall–Kier alpha value is -3.35. The van der Waals surface area contributed by atoms with E-state index in [4.69, 9.17) is 0 Å². The van der Waals surface area contributed by atoms with Crippen LogP contribution in [0, 0.1) is 5.92 Å². The van der Waals surface area contributed by atoms with E-state index in [1.54, 1.807) is 24.3 Å². The predicted molar refractivity (Wildman–Crippen MR) is 111 cm³/mol. The SMILES string of the molecule is O=C(C=Cc1ccc(C(F)(F)F)cc1)Nc1ccccc1NC(=O)CC1C=CCC1. The maximum Gasteiger partial charge on any atom is 0.416 e. The fraction of sp³-hybridized carbons (Fsp3) is 0.217. The fourth-order valence-electron chi connectivity index (χ4n) is 3.14. The Kier molecular flexibility index (Phi) is 6.72. The zero-order chi connectivity index (χ0) is 21.6. The zero-order valence-corrected chi connectivity index (χ0v) is 16.1. The van der Waals surface area contributed by atoms with Gasteiger partial charge in [0.25, 0.3) is 0 Å². The third kappa shape index (κ3) is 6.07. The highest BCUT2D eigenvalue weighted by molar-refractivity contribution is 6.05. The second-order valence-electron chi connectivity index (χ2n) is 7.01. The van der Waals surface area contributed by atoms with E-state index < -0.39 is 17.6 Å². The molecule has 0 heterocycles. The Balaban J connectivity index is 1.60. The summed E-state index contributed by atoms with van der Waals surface area (Å²) >= 11 is 0. The van der Waals surface area contributed by atoms with E-state index in [2.05, 4.69) is 16.7 Å². The lowest BCUT2D eigenvalue weighted by molar-refractivity contribution is -0.137. The van der Waals surface area contributed by atoms with Crippen LogP contribution in [0.5, 0.6) is 0 Å². The standard InChI is InChI=1S/C23H21F3N2O2/c24-23(25,26)18-12-9-16(10-13-18)11-14-21(29)27-19-7-3-4-8-20(19)28-22(30)15-17-5-1-2-6-17/h1,3-5,7-14,17H,2,6,15H2,(H,27,29)(H,28,30). The second kappa shape index (κ2) is 9.43. The number of hydrogen-bond donors (Lipinski definition) is 2. The summed E-state index contributed by atoms with van der Waals surface area (Å²) in [5, 5.41) is 5.50. The highest BCUT2D eigenvalue weighted by Crippen LogP contribution is 2.29. The van der Waals surface area contributed by atoms with Crippen LogP contribution >= 0.6 is 0 Å². The number of hydrogen-bond acceptors (Lipinski definition) is 2. The van der Waals surface area contributed by atoms with Crippen LogP contribution in [0.25, 0.3) is 6.08 Å². The van der Waals surface area contributed by atoms with Crippen LogP contribution in [0.2, 0.25) is 0 Å². The van der Waals surface area contributed by atoms with E-state index in [0.29, 0.717) is 23.4 Å². The lowest BCUT2D eigenvalue weighted by atomic mass is 10.0. The molecule has 30 heavy (non-hydrogen) atoms. The van der Waals surface area contributed by atoms with Gasteiger partial charge in [-0.1, -0.05) is 36.4 Å². The Labute approximate surface area is 172 Å². The zero-order valence-electron chi connectivity index (χ0n) is 16.1. The molecule has 0 spiro atoms. The number of carbonyl (C=O) groups is 2. The quantitative estimate of drug-likeness (QED) is 0.474. The third-order valence-electron chi connectivity index (χ3n) is 4.68. The molecule has 7 heteroatoms. The minimum atomic E-state index is -4.40. The molecule has 2 amide bonds. The maximum absolute atomic E-state index is 12.6. The first-order chi connectivity index (χ1) is 14.3. The molecule has 1 atom stereocenters. The number of rotatable bonds is 6. The first-order valence-electron chi connectivity index (χ1n) is 9.53. The van der Waals surface area contributed by atoms with Crippen molar-refractivity contribution in [2.75, 3.05) is 10.6 Å². The van der Waals surface area contributed by atoms with Gasteiger partial charge in [0.1, 0.15) is 0 Å². The Morgan fingerprint density at radius 2 is 1.67 bits per heavy atom. The van der Waals surface area contributed by atoms with Gasteiger partial charge in [-0.05, 0) is 54.7 Å². The van der Waals surface area contributed by atoms with E-state index in [0.717, 1.165) is 25.0 Å². The summed E-state index contributed by atoms with van der Waals surface area (Å²) < 4.78 is 37.8. The van der Waals surface area contributed by atoms with Crippen LogP contribution in [0.15, 0.2) is 66.8 Å². The van der Waals surface area contributed by atoms with Gasteiger partial charge in [0.15, 0.2) is 0 Å². The number of para-hydroxylation sites is 2. The highest BCUT2D eigenvalue weighted by atomic mass is 19.4. The van der Waals surface area contributed by atoms with Crippen LogP contribution in [0.4, 0.5) is 24.5 Å². The van der Waals surface area contributed by atoms with Crippen molar-refractivity contribution < 1.29 is 22.8 Å². The summed E-state index contributed by atoms with van der Waals surface area (Å²) in [6.07, 6.45) is 4.67. The highest BCUT2D eigenvalue weighted by Gasteiger charge is 2.29. The molecular weight excluding hydrogens is 393 g/mol. The summed E-state index contributed by atoms with van der Waals surface area (Å²) in [4.78, 5) is 24.5. The van der Waals surface area contributed by atoms with E-state index >= 15 is 0 Å². The summed E-state index contributed by atoms with van der Waals surface area (Å²) in [6, 6.07) is 11.3. The van der Waals surface area contributed by atoms with Crippen LogP contribution in [-0.2, 0) is 15.8 Å². The summed E-state index contributed by atoms with van der Waals surface area (Å²) in [5.74, 6) is -0.359. The molecule has 0 aliphatic heterocycles. The average Bonchev–Trinajstić information content (AvgIpc) is 3.20. The van der Waals surface area contributed by atoms with E-state index in [1.165, 1.54) is 24.3 Å². The van der Waals surface area contributed by atoms with Crippen molar-refractivity contribution in [2.24, 2.45) is 5.92 Å². The molecule has 0 saturated carbocycles. The molecule has 0 radical (unpaired) electrons. The molecule has 1 aliphatic rings. The Morgan fingerprint density at radius 3 is 2.27 bits per heavy atom. The smallest absolute Gasteiger partial charge is 0.324 e. The molecule has 0 fully saturated rings. The number of nitrogens with one attached hydrogen (secondary N) is 2. The monoisotopic (exact) mass is 414 g/mol. The summed E-state index contributed by atoms with van der Waals surface area (Å²) in [5.41, 5.74) is 0.641. The topological polar surface area (TPSA) is 58.2 Å². The first-order valence-corrected chi connectivity index (χ1v) is 9.53. The largest absolute Gasteiger partial charge is 0.416 e. The van der Waals surface area contributed by atoms with Gasteiger partial charge in [-0.15, -0.1) is 0 Å². The number of carbonyl (C=O) groups excluding carboxylic acids is 2. The molecule has 1 aliphatic carbocycles. The van der Waals surface area contributed by atoms with Crippen LogP contribution < -0.4 is 10.6 Å². The van der Waals surface area contributed by atoms with Gasteiger partial charge in [-0.2, -0.15) is 13.2 Å². The fourth-order valence-corrected chi connectivity index (χ4v) is 3.14. The van der Waals surface area contributed by atoms with Crippen molar-refractivity contribution >= 4 is 29.3 Å². The van der Waals surface area contributed by atoms with Gasteiger partial charge in [0.05, 0.1) is 16.9 Å². The Bertz CT molecular complexity index is 963. The molecule has 0 bridgehead atoms. The van der Waals surface area contributed by atoms with Crippen molar-refractivity contribution in [1.82, 2.24) is 0 Å². The lowest BCUT2D eigenvalue weighted by Crippen LogP contribution is -2.17. The van der Waals surface area contributed by atoms with Crippen molar-refractivity contribution in [2.45, 2.75) is 25.4 Å². The van der Waals surface area contributed by atoms with Gasteiger partial charge < -0.3 is 10.6 Å². The normalized spacial score (nSPS) is 16.0. The number of benzene rings is 2. The van der Waals surface area contributed by atoms with Crippen LogP contribution in [0.1, 0.15) is 30.4 Å². The molecule has 2 aromatic rings. The number of anilines is 2. The molecule has 3 rings (SSSR count). The number of alkyl halides is 3. The summed E-state index contributed by atoms with van der Waals surface area (Å²) in [7, 11) is 0. The van der Waals surface area contributed by atoms with Crippen molar-refractivity contribution in [3.8, 4) is 0 Å². The van der Waals surface area contributed by atoms with Crippen molar-refractivity contribution in [1.29, 1.82) is 0 Å². The van der Waals surface area contributed by atoms with E-state index in [-0.39, 0.29) is 11.8 Å². The van der Waals surface area contributed by atoms with Crippen LogP contribution in [0.3, 0.4) is 0 Å². The number of amides is 2. The van der Waals surface area contributed by atoms with Gasteiger partial charge in [0.2, 0.25) is 11.8 Å². The van der Waals surface area contributed by atoms with Gasteiger partial charge in [-0.25, -0.2) is 0 Å². The molecule has 156 valence electrons. The van der Waals surface area contributed by atoms with Crippen molar-refractivity contribution in [3.63, 3.8) is 0 Å². The van der Waals surface area contributed by atoms with Crippen LogP contribution in [-0.4, -0.2) is 11.8 Å². The van der Waals surface area contributed by atoms with Gasteiger partial charge in [0, 0.05) is 12.5 Å². The van der Waals surface area contributed by atoms with Crippen molar-refractivity contribution in [3.05, 3.63) is 77.9 Å². The average molecular weight is 414 g/mol. The molecule has 1 unspecified atom stereocenters. The maximum atomic E-state index is 12.6. The first kappa shape index (κ1) is 21.4. The molecular formula is C23H21F3N2O2. The lowest BCUT2D eigenvalue weighted by Gasteiger charge is -2.13. The summed E-state index contributed by atoms with van der Waals surface area (Å²) in [6.45, 7) is 0. The minimum absolute atomic E-state index is 0.131. The predicted octanol–water partition coefficient (Wildman–Crippen LogP) is 5.65. The number of allylic oxidation sites excluding steroid dienone is 2. The molecule has 2 N–H and O–H groups in total. The molecule has 0 saturated heterocycles. The second-order valence-corrected chi connectivity index (χ2v) is 7.01. The molecule has 4 nitrogen and oxygen atoms in total.